The summed E-state index contributed by atoms with van der Waals surface area (Å²) < 4.78 is 5.05. The van der Waals surface area contributed by atoms with Crippen molar-refractivity contribution < 1.29 is 19.5 Å². The minimum atomic E-state index is -0.658. The third kappa shape index (κ3) is 5.09. The van der Waals surface area contributed by atoms with E-state index in [2.05, 4.69) is 10.6 Å². The number of amides is 3. The molecule has 8 heteroatoms. The molecule has 0 saturated heterocycles. The minimum Gasteiger partial charge on any atom is -0.495 e. The van der Waals surface area contributed by atoms with E-state index in [9.17, 15) is 9.59 Å². The number of nitrogens with zero attached hydrogens (tertiary/aromatic N) is 1. The van der Waals surface area contributed by atoms with Crippen LogP contribution in [0.15, 0.2) is 48.5 Å². The van der Waals surface area contributed by atoms with Gasteiger partial charge in [-0.15, -0.1) is 0 Å². The summed E-state index contributed by atoms with van der Waals surface area (Å²) in [5.41, 5.74) is 3.39. The molecule has 26 heavy (non-hydrogen) atoms. The molecule has 0 aliphatic heterocycles. The van der Waals surface area contributed by atoms with E-state index in [-0.39, 0.29) is 0 Å². The lowest BCUT2D eigenvalue weighted by Gasteiger charge is -2.10. The highest BCUT2D eigenvalue weighted by Gasteiger charge is 2.07. The van der Waals surface area contributed by atoms with Crippen LogP contribution in [0.5, 0.6) is 5.75 Å². The summed E-state index contributed by atoms with van der Waals surface area (Å²) in [6.45, 7) is 0. The predicted octanol–water partition coefficient (Wildman–Crippen LogP) is 2.73. The van der Waals surface area contributed by atoms with Gasteiger partial charge in [0.1, 0.15) is 11.8 Å². The number of nitrogens with one attached hydrogen (secondary N) is 3. The highest BCUT2D eigenvalue weighted by molar-refractivity contribution is 6.00. The summed E-state index contributed by atoms with van der Waals surface area (Å²) in [4.78, 5) is 23.1. The fraction of sp³-hybridized carbons (Fsp3) is 0.0556. The maximum atomic E-state index is 12.1. The summed E-state index contributed by atoms with van der Waals surface area (Å²) in [7, 11) is 1.46. The van der Waals surface area contributed by atoms with Crippen molar-refractivity contribution in [2.45, 2.75) is 0 Å². The smallest absolute Gasteiger partial charge is 0.323 e. The average molecular weight is 352 g/mol. The van der Waals surface area contributed by atoms with Crippen molar-refractivity contribution in [2.75, 3.05) is 17.7 Å². The Morgan fingerprint density at radius 2 is 1.88 bits per heavy atom. The first kappa shape index (κ1) is 18.5. The van der Waals surface area contributed by atoms with E-state index in [1.165, 1.54) is 24.7 Å². The van der Waals surface area contributed by atoms with Crippen molar-refractivity contribution in [1.82, 2.24) is 5.48 Å². The van der Waals surface area contributed by atoms with Gasteiger partial charge in [0.15, 0.2) is 0 Å². The second-order valence-corrected chi connectivity index (χ2v) is 5.04. The normalized spacial score (nSPS) is 10.0. The topological polar surface area (TPSA) is 123 Å². The molecule has 0 unspecified atom stereocenters. The van der Waals surface area contributed by atoms with Crippen LogP contribution >= 0.6 is 0 Å². The number of carbonyl (C=O) groups excluding carboxylic acids is 2. The molecule has 0 spiro atoms. The van der Waals surface area contributed by atoms with Gasteiger partial charge >= 0.3 is 6.03 Å². The molecule has 2 aromatic rings. The molecule has 0 aliphatic carbocycles. The van der Waals surface area contributed by atoms with E-state index in [0.717, 1.165) is 6.08 Å². The molecule has 0 heterocycles. The van der Waals surface area contributed by atoms with Crippen molar-refractivity contribution in [3.8, 4) is 11.8 Å². The van der Waals surface area contributed by atoms with Crippen LogP contribution in [0.3, 0.4) is 0 Å². The Bertz CT molecular complexity index is 887. The van der Waals surface area contributed by atoms with Crippen LogP contribution in [-0.2, 0) is 4.79 Å². The molecule has 132 valence electrons. The highest BCUT2D eigenvalue weighted by atomic mass is 16.5. The van der Waals surface area contributed by atoms with E-state index in [4.69, 9.17) is 15.2 Å². The zero-order valence-corrected chi connectivity index (χ0v) is 13.8. The Labute approximate surface area is 149 Å². The number of rotatable bonds is 5. The summed E-state index contributed by atoms with van der Waals surface area (Å²) in [5, 5.41) is 22.8. The SMILES string of the molecule is COc1ccc(NC(=O)Nc2cccc(/C=C/C(=O)NO)c2)cc1C#N. The van der Waals surface area contributed by atoms with Gasteiger partial charge in [-0.05, 0) is 42.0 Å². The summed E-state index contributed by atoms with van der Waals surface area (Å²) in [6.07, 6.45) is 2.64. The van der Waals surface area contributed by atoms with E-state index in [1.54, 1.807) is 36.4 Å². The molecule has 0 fully saturated rings. The van der Waals surface area contributed by atoms with Crippen molar-refractivity contribution in [3.63, 3.8) is 0 Å². The van der Waals surface area contributed by atoms with Gasteiger partial charge in [-0.3, -0.25) is 10.0 Å². The Morgan fingerprint density at radius 1 is 1.15 bits per heavy atom. The molecule has 2 aromatic carbocycles. The molecule has 0 radical (unpaired) electrons. The lowest BCUT2D eigenvalue weighted by Crippen LogP contribution is -2.19. The number of benzene rings is 2. The van der Waals surface area contributed by atoms with Crippen molar-refractivity contribution in [2.24, 2.45) is 0 Å². The number of anilines is 2. The van der Waals surface area contributed by atoms with Gasteiger partial charge in [0.2, 0.25) is 0 Å². The van der Waals surface area contributed by atoms with Crippen LogP contribution in [0.4, 0.5) is 16.2 Å². The van der Waals surface area contributed by atoms with Gasteiger partial charge < -0.3 is 15.4 Å². The fourth-order valence-corrected chi connectivity index (χ4v) is 2.10. The standard InChI is InChI=1S/C18H16N4O4/c1-26-16-7-6-15(10-13(16)11-19)21-18(24)20-14-4-2-3-12(9-14)5-8-17(23)22-25/h2-10,25H,1H3,(H,22,23)(H2,20,21,24)/b8-5+. The number of hydrogen-bond acceptors (Lipinski definition) is 5. The van der Waals surface area contributed by atoms with Crippen molar-refractivity contribution in [3.05, 3.63) is 59.7 Å². The first-order valence-electron chi connectivity index (χ1n) is 7.44. The molecule has 4 N–H and O–H groups in total. The molecule has 8 nitrogen and oxygen atoms in total. The number of urea groups is 1. The Balaban J connectivity index is 2.05. The number of hydrogen-bond donors (Lipinski definition) is 4. The number of carbonyl (C=O) groups is 2. The fourth-order valence-electron chi connectivity index (χ4n) is 2.10. The molecule has 0 saturated carbocycles. The molecule has 2 rings (SSSR count). The van der Waals surface area contributed by atoms with Gasteiger partial charge in [-0.25, -0.2) is 10.3 Å². The number of methoxy groups -OCH3 is 1. The number of nitriles is 1. The van der Waals surface area contributed by atoms with Crippen molar-refractivity contribution >= 4 is 29.4 Å². The van der Waals surface area contributed by atoms with Crippen LogP contribution in [-0.4, -0.2) is 24.3 Å². The van der Waals surface area contributed by atoms with Gasteiger partial charge in [0.05, 0.1) is 12.7 Å². The Morgan fingerprint density at radius 3 is 2.54 bits per heavy atom. The summed E-state index contributed by atoms with van der Waals surface area (Å²) in [5.74, 6) is -0.237. The van der Waals surface area contributed by atoms with Crippen molar-refractivity contribution in [1.29, 1.82) is 5.26 Å². The molecule has 0 bridgehead atoms. The zero-order valence-electron chi connectivity index (χ0n) is 13.8. The highest BCUT2D eigenvalue weighted by Crippen LogP contribution is 2.22. The van der Waals surface area contributed by atoms with Crippen LogP contribution < -0.4 is 20.9 Å². The third-order valence-corrected chi connectivity index (χ3v) is 3.26. The van der Waals surface area contributed by atoms with E-state index in [0.29, 0.717) is 28.3 Å². The minimum absolute atomic E-state index is 0.305. The maximum absolute atomic E-state index is 12.1. The van der Waals surface area contributed by atoms with Gasteiger partial charge in [0, 0.05) is 17.5 Å². The van der Waals surface area contributed by atoms with Crippen LogP contribution in [0, 0.1) is 11.3 Å². The van der Waals surface area contributed by atoms with E-state index < -0.39 is 11.9 Å². The van der Waals surface area contributed by atoms with Crippen LogP contribution in [0.2, 0.25) is 0 Å². The Kier molecular flexibility index (Phi) is 6.31. The quantitative estimate of drug-likeness (QED) is 0.374. The number of hydroxylamine groups is 1. The average Bonchev–Trinajstić information content (AvgIpc) is 2.66. The second-order valence-electron chi connectivity index (χ2n) is 5.04. The van der Waals surface area contributed by atoms with E-state index in [1.807, 2.05) is 6.07 Å². The van der Waals surface area contributed by atoms with E-state index >= 15 is 0 Å². The first-order chi connectivity index (χ1) is 12.5. The third-order valence-electron chi connectivity index (χ3n) is 3.26. The largest absolute Gasteiger partial charge is 0.495 e. The first-order valence-corrected chi connectivity index (χ1v) is 7.44. The lowest BCUT2D eigenvalue weighted by molar-refractivity contribution is -0.124. The molecule has 3 amide bonds. The molecular weight excluding hydrogens is 336 g/mol. The maximum Gasteiger partial charge on any atom is 0.323 e. The van der Waals surface area contributed by atoms with Crippen LogP contribution in [0.1, 0.15) is 11.1 Å². The molecule has 0 aromatic heterocycles. The molecule has 0 aliphatic rings. The second kappa shape index (κ2) is 8.86. The van der Waals surface area contributed by atoms with Gasteiger partial charge in [-0.2, -0.15) is 5.26 Å². The zero-order chi connectivity index (χ0) is 18.9. The van der Waals surface area contributed by atoms with Gasteiger partial charge in [0.25, 0.3) is 5.91 Å². The molecule has 0 atom stereocenters. The number of ether oxygens (including phenoxy) is 1. The lowest BCUT2D eigenvalue weighted by atomic mass is 10.2. The molecular formula is C18H16N4O4. The monoisotopic (exact) mass is 352 g/mol. The predicted molar refractivity (Wildman–Crippen MR) is 95.8 cm³/mol. The van der Waals surface area contributed by atoms with Crippen LogP contribution in [0.25, 0.3) is 6.08 Å². The Hall–Kier alpha value is -3.83. The van der Waals surface area contributed by atoms with Gasteiger partial charge in [-0.1, -0.05) is 12.1 Å². The summed E-state index contributed by atoms with van der Waals surface area (Å²) in [6, 6.07) is 13.0. The summed E-state index contributed by atoms with van der Waals surface area (Å²) >= 11 is 0.